The summed E-state index contributed by atoms with van der Waals surface area (Å²) in [5.74, 6) is 0. The number of hydrogen-bond acceptors (Lipinski definition) is 0. The van der Waals surface area contributed by atoms with Gasteiger partial charge in [0.1, 0.15) is 0 Å². The molecule has 0 saturated heterocycles. The second-order valence-electron chi connectivity index (χ2n) is 4.87. The fourth-order valence-electron chi connectivity index (χ4n) is 2.16. The van der Waals surface area contributed by atoms with Crippen LogP contribution in [0.5, 0.6) is 0 Å². The molecule has 0 fully saturated rings. The Hall–Kier alpha value is 0.660. The van der Waals surface area contributed by atoms with E-state index in [2.05, 4.69) is 79.0 Å². The van der Waals surface area contributed by atoms with Crippen LogP contribution in [-0.4, -0.2) is 10.7 Å². The van der Waals surface area contributed by atoms with Gasteiger partial charge in [-0.25, -0.2) is 0 Å². The lowest BCUT2D eigenvalue weighted by molar-refractivity contribution is 0.466. The van der Waals surface area contributed by atoms with Crippen LogP contribution < -0.4 is 0 Å². The fourth-order valence-corrected chi connectivity index (χ4v) is 4.56. The van der Waals surface area contributed by atoms with Crippen molar-refractivity contribution >= 4 is 47.8 Å². The molecule has 0 aromatic heterocycles. The summed E-state index contributed by atoms with van der Waals surface area (Å²) >= 11 is 10.9. The Morgan fingerprint density at radius 1 is 0.944 bits per heavy atom. The van der Waals surface area contributed by atoms with E-state index < -0.39 is 0 Å². The van der Waals surface area contributed by atoms with E-state index >= 15 is 0 Å². The molecule has 0 bridgehead atoms. The van der Waals surface area contributed by atoms with Crippen molar-refractivity contribution in [3.63, 3.8) is 0 Å². The molecule has 3 heteroatoms. The zero-order chi connectivity index (χ0) is 13.4. The third kappa shape index (κ3) is 4.64. The van der Waals surface area contributed by atoms with Gasteiger partial charge in [-0.1, -0.05) is 92.5 Å². The zero-order valence-electron chi connectivity index (χ0n) is 10.9. The molecule has 0 radical (unpaired) electrons. The first kappa shape index (κ1) is 16.7. The molecule has 0 heterocycles. The largest absolute Gasteiger partial charge is 0.0918 e. The second-order valence-corrected chi connectivity index (χ2v) is 6.90. The van der Waals surface area contributed by atoms with Gasteiger partial charge in [-0.15, -0.1) is 0 Å². The molecule has 0 aliphatic rings. The molecule has 0 unspecified atom stereocenters. The highest BCUT2D eigenvalue weighted by atomic mass is 79.9. The van der Waals surface area contributed by atoms with Crippen molar-refractivity contribution in [2.24, 2.45) is 0 Å². The summed E-state index contributed by atoms with van der Waals surface area (Å²) in [6.45, 7) is 2.26. The predicted octanol–water partition coefficient (Wildman–Crippen LogP) is 6.45. The van der Waals surface area contributed by atoms with Crippen molar-refractivity contribution in [3.8, 4) is 0 Å². The van der Waals surface area contributed by atoms with Crippen LogP contribution >= 0.6 is 47.8 Å². The van der Waals surface area contributed by atoms with Crippen LogP contribution in [0.4, 0.5) is 0 Å². The van der Waals surface area contributed by atoms with Gasteiger partial charge in [-0.2, -0.15) is 0 Å². The van der Waals surface area contributed by atoms with Crippen molar-refractivity contribution in [2.45, 2.75) is 44.4 Å². The van der Waals surface area contributed by atoms with E-state index in [0.717, 1.165) is 15.1 Å². The second kappa shape index (κ2) is 8.76. The zero-order valence-corrected chi connectivity index (χ0v) is 15.7. The molecule has 18 heavy (non-hydrogen) atoms. The minimum absolute atomic E-state index is 0.231. The van der Waals surface area contributed by atoms with Gasteiger partial charge < -0.3 is 0 Å². The molecule has 0 aliphatic heterocycles. The van der Waals surface area contributed by atoms with Crippen LogP contribution in [0, 0.1) is 0 Å². The van der Waals surface area contributed by atoms with Crippen molar-refractivity contribution in [2.75, 3.05) is 10.7 Å². The van der Waals surface area contributed by atoms with E-state index in [1.165, 1.54) is 37.7 Å². The lowest BCUT2D eigenvalue weighted by atomic mass is 9.80. The van der Waals surface area contributed by atoms with Crippen LogP contribution in [0.15, 0.2) is 28.7 Å². The van der Waals surface area contributed by atoms with E-state index in [9.17, 15) is 0 Å². The lowest BCUT2D eigenvalue weighted by Gasteiger charge is -2.31. The highest BCUT2D eigenvalue weighted by Crippen LogP contribution is 2.35. The number of halogens is 3. The smallest absolute Gasteiger partial charge is 0.0175 e. The van der Waals surface area contributed by atoms with Crippen molar-refractivity contribution in [1.82, 2.24) is 0 Å². The molecule has 0 saturated carbocycles. The first-order chi connectivity index (χ1) is 8.68. The standard InChI is InChI=1S/C15H21Br3/c1-2-3-4-5-10-15(11-16,12-17)13-6-8-14(18)9-7-13/h6-9H,2-5,10-12H2,1H3. The number of unbranched alkanes of at least 4 members (excludes halogenated alkanes) is 3. The van der Waals surface area contributed by atoms with Crippen LogP contribution in [-0.2, 0) is 5.41 Å². The topological polar surface area (TPSA) is 0 Å². The Balaban J connectivity index is 2.75. The average molecular weight is 441 g/mol. The van der Waals surface area contributed by atoms with Crippen LogP contribution in [0.1, 0.15) is 44.6 Å². The van der Waals surface area contributed by atoms with Gasteiger partial charge in [0.05, 0.1) is 0 Å². The van der Waals surface area contributed by atoms with Gasteiger partial charge in [0, 0.05) is 20.5 Å². The molecule has 1 aromatic rings. The van der Waals surface area contributed by atoms with E-state index in [4.69, 9.17) is 0 Å². The molecule has 0 atom stereocenters. The third-order valence-electron chi connectivity index (χ3n) is 3.48. The van der Waals surface area contributed by atoms with Gasteiger partial charge in [0.15, 0.2) is 0 Å². The molecule has 102 valence electrons. The van der Waals surface area contributed by atoms with E-state index in [-0.39, 0.29) is 5.41 Å². The van der Waals surface area contributed by atoms with Gasteiger partial charge in [0.25, 0.3) is 0 Å². The van der Waals surface area contributed by atoms with Gasteiger partial charge >= 0.3 is 0 Å². The molecule has 0 N–H and O–H groups in total. The predicted molar refractivity (Wildman–Crippen MR) is 92.2 cm³/mol. The molecule has 1 rings (SSSR count). The maximum atomic E-state index is 3.72. The summed E-state index contributed by atoms with van der Waals surface area (Å²) in [6, 6.07) is 8.77. The summed E-state index contributed by atoms with van der Waals surface area (Å²) in [6.07, 6.45) is 6.54. The Morgan fingerprint density at radius 3 is 2.06 bits per heavy atom. The van der Waals surface area contributed by atoms with Crippen molar-refractivity contribution < 1.29 is 0 Å². The maximum Gasteiger partial charge on any atom is 0.0175 e. The van der Waals surface area contributed by atoms with E-state index in [0.29, 0.717) is 0 Å². The summed E-state index contributed by atoms with van der Waals surface area (Å²) in [4.78, 5) is 0. The number of alkyl halides is 2. The summed E-state index contributed by atoms with van der Waals surface area (Å²) in [5.41, 5.74) is 1.66. The quantitative estimate of drug-likeness (QED) is 0.322. The molecule has 1 aromatic carbocycles. The Morgan fingerprint density at radius 2 is 1.56 bits per heavy atom. The average Bonchev–Trinajstić information content (AvgIpc) is 2.41. The van der Waals surface area contributed by atoms with Crippen molar-refractivity contribution in [1.29, 1.82) is 0 Å². The van der Waals surface area contributed by atoms with Gasteiger partial charge in [0.2, 0.25) is 0 Å². The monoisotopic (exact) mass is 438 g/mol. The number of rotatable bonds is 8. The first-order valence-corrected chi connectivity index (χ1v) is 9.60. The summed E-state index contributed by atoms with van der Waals surface area (Å²) in [7, 11) is 0. The minimum Gasteiger partial charge on any atom is -0.0918 e. The molecular weight excluding hydrogens is 420 g/mol. The SMILES string of the molecule is CCCCCCC(CBr)(CBr)c1ccc(Br)cc1. The Bertz CT molecular complexity index is 328. The maximum absolute atomic E-state index is 3.72. The molecule has 0 amide bonds. The Labute approximate surface area is 136 Å². The van der Waals surface area contributed by atoms with Gasteiger partial charge in [-0.05, 0) is 24.1 Å². The molecular formula is C15H21Br3. The third-order valence-corrected chi connectivity index (χ3v) is 6.15. The molecule has 0 spiro atoms. The summed E-state index contributed by atoms with van der Waals surface area (Å²) in [5, 5.41) is 2.03. The molecule has 0 aliphatic carbocycles. The van der Waals surface area contributed by atoms with Crippen LogP contribution in [0.25, 0.3) is 0 Å². The fraction of sp³-hybridized carbons (Fsp3) is 0.600. The summed E-state index contributed by atoms with van der Waals surface area (Å²) < 4.78 is 1.15. The highest BCUT2D eigenvalue weighted by Gasteiger charge is 2.29. The van der Waals surface area contributed by atoms with Crippen molar-refractivity contribution in [3.05, 3.63) is 34.3 Å². The van der Waals surface area contributed by atoms with Crippen LogP contribution in [0.2, 0.25) is 0 Å². The highest BCUT2D eigenvalue weighted by molar-refractivity contribution is 9.10. The van der Waals surface area contributed by atoms with E-state index in [1.807, 2.05) is 0 Å². The lowest BCUT2D eigenvalue weighted by Crippen LogP contribution is -2.30. The van der Waals surface area contributed by atoms with E-state index in [1.54, 1.807) is 0 Å². The van der Waals surface area contributed by atoms with Gasteiger partial charge in [-0.3, -0.25) is 0 Å². The van der Waals surface area contributed by atoms with Crippen LogP contribution in [0.3, 0.4) is 0 Å². The molecule has 0 nitrogen and oxygen atoms in total. The number of benzene rings is 1. The Kier molecular flexibility index (Phi) is 8.13. The minimum atomic E-state index is 0.231. The normalized spacial score (nSPS) is 11.8. The number of hydrogen-bond donors (Lipinski definition) is 0. The first-order valence-electron chi connectivity index (χ1n) is 6.56.